The largest absolute Gasteiger partial charge is 0.480 e. The monoisotopic (exact) mass is 875 g/mol. The number of carboxylic acid groups (broad SMARTS) is 3. The summed E-state index contributed by atoms with van der Waals surface area (Å²) in [6.07, 6.45) is 0.771. The van der Waals surface area contributed by atoms with Crippen LogP contribution in [0.15, 0.2) is 60.8 Å². The molecule has 1 heterocycles. The summed E-state index contributed by atoms with van der Waals surface area (Å²) in [6.45, 7) is 3.24. The van der Waals surface area contributed by atoms with E-state index < -0.39 is 114 Å². The number of carboxylic acids is 3. The highest BCUT2D eigenvalue weighted by Gasteiger charge is 2.38. The van der Waals surface area contributed by atoms with Crippen LogP contribution in [0.4, 0.5) is 8.78 Å². The van der Waals surface area contributed by atoms with Gasteiger partial charge < -0.3 is 57.3 Å². The molecule has 3 aromatic rings. The maximum atomic E-state index is 15.1. The number of nitrogens with one attached hydrogen (secondary N) is 3. The molecule has 0 radical (unpaired) electrons. The molecule has 0 aliphatic rings. The molecule has 332 valence electrons. The van der Waals surface area contributed by atoms with Gasteiger partial charge in [-0.3, -0.25) is 28.8 Å². The summed E-state index contributed by atoms with van der Waals surface area (Å²) in [4.78, 5) is 87.1. The lowest BCUT2D eigenvalue weighted by Gasteiger charge is -2.41. The van der Waals surface area contributed by atoms with E-state index in [9.17, 15) is 53.3 Å². The third-order valence-electron chi connectivity index (χ3n) is 9.26. The fourth-order valence-corrected chi connectivity index (χ4v) is 7.19. The number of benzene rings is 2. The number of carbonyl (C=O) groups excluding carboxylic acids is 4. The Morgan fingerprint density at radius 3 is 2.13 bits per heavy atom. The van der Waals surface area contributed by atoms with Gasteiger partial charge in [0.2, 0.25) is 23.6 Å². The van der Waals surface area contributed by atoms with Crippen LogP contribution in [0.5, 0.6) is 0 Å². The number of rotatable bonds is 23. The Hall–Kier alpha value is -5.90. The number of halogens is 2. The Bertz CT molecular complexity index is 2050. The molecule has 3 rings (SSSR count). The van der Waals surface area contributed by atoms with Crippen LogP contribution in [0, 0.1) is 17.0 Å². The maximum Gasteiger partial charge on any atom is 0.328 e. The second kappa shape index (κ2) is 22.6. The van der Waals surface area contributed by atoms with Gasteiger partial charge in [0, 0.05) is 54.8 Å². The summed E-state index contributed by atoms with van der Waals surface area (Å²) >= 11 is 0.628. The van der Waals surface area contributed by atoms with Crippen molar-refractivity contribution in [2.45, 2.75) is 69.6 Å². The van der Waals surface area contributed by atoms with Crippen molar-refractivity contribution in [1.82, 2.24) is 25.4 Å². The van der Waals surface area contributed by atoms with E-state index in [1.54, 1.807) is 16.8 Å². The van der Waals surface area contributed by atoms with Crippen LogP contribution in [-0.2, 0) is 40.1 Å². The highest BCUT2D eigenvalue weighted by Crippen LogP contribution is 2.41. The fourth-order valence-electron chi connectivity index (χ4n) is 6.19. The number of aliphatic carboxylic acids is 3. The molecule has 11 N–H and O–H groups in total. The van der Waals surface area contributed by atoms with Crippen molar-refractivity contribution < 1.29 is 62.8 Å². The maximum absolute atomic E-state index is 15.1. The number of carbonyl (C=O) groups is 7. The molecule has 18 nitrogen and oxygen atoms in total. The summed E-state index contributed by atoms with van der Waals surface area (Å²) in [6, 6.07) is 8.59. The second-order valence-corrected chi connectivity index (χ2v) is 16.3. The SMILES string of the molecule is CC(C)(C)C(c1cc(-c2cc(F)ccc2F)cn1Cc1ccccc1)N(CCC(N)C(=O)NC(CNC(=O)CNC(=O)CC(SCC(N)C(=O)O)C(=O)O)C(=O)O)C(=O)CO. The highest BCUT2D eigenvalue weighted by atomic mass is 32.2. The summed E-state index contributed by atoms with van der Waals surface area (Å²) in [7, 11) is 0. The van der Waals surface area contributed by atoms with Gasteiger partial charge in [0.15, 0.2) is 0 Å². The van der Waals surface area contributed by atoms with E-state index in [0.29, 0.717) is 23.0 Å². The number of aromatic nitrogens is 1. The first-order chi connectivity index (χ1) is 28.6. The average molecular weight is 876 g/mol. The van der Waals surface area contributed by atoms with E-state index in [1.165, 1.54) is 4.90 Å². The fraction of sp³-hybridized carbons (Fsp3) is 0.425. The number of hydrogen-bond donors (Lipinski definition) is 9. The van der Waals surface area contributed by atoms with Gasteiger partial charge in [0.1, 0.15) is 35.6 Å². The molecule has 0 bridgehead atoms. The van der Waals surface area contributed by atoms with Crippen molar-refractivity contribution >= 4 is 53.3 Å². The standard InChI is InChI=1S/C40H51F2N7O11S/c1-40(2,3)35(30-13-23(25-14-24(41)9-10-26(25)42)19-48(30)18-22-7-5-4-6-8-22)49(34(53)20-50)12-11-27(43)36(54)47-29(38(57)58)16-45-33(52)17-46-32(51)15-31(39(59)60)61-21-28(44)37(55)56/h4-10,13-14,19,27-29,31,35,50H,11-12,15-18,20-21,43-44H2,1-3H3,(H,45,52)(H,46,51)(H,47,54)(H,55,56)(H,57,58)(H,59,60). The van der Waals surface area contributed by atoms with Crippen LogP contribution in [0.1, 0.15) is 50.9 Å². The van der Waals surface area contributed by atoms with Crippen LogP contribution in [0.25, 0.3) is 11.1 Å². The zero-order valence-electron chi connectivity index (χ0n) is 33.7. The van der Waals surface area contributed by atoms with Crippen molar-refractivity contribution in [3.05, 3.63) is 83.7 Å². The van der Waals surface area contributed by atoms with Crippen LogP contribution in [0.3, 0.4) is 0 Å². The number of nitrogens with zero attached hydrogens (tertiary/aromatic N) is 2. The van der Waals surface area contributed by atoms with Gasteiger partial charge in [-0.2, -0.15) is 0 Å². The molecule has 0 aliphatic heterocycles. The van der Waals surface area contributed by atoms with Crippen LogP contribution in [-0.4, -0.2) is 127 Å². The number of aliphatic hydroxyl groups is 1. The molecule has 0 fully saturated rings. The van der Waals surface area contributed by atoms with E-state index in [0.717, 1.165) is 23.8 Å². The minimum Gasteiger partial charge on any atom is -0.480 e. The smallest absolute Gasteiger partial charge is 0.328 e. The van der Waals surface area contributed by atoms with Crippen molar-refractivity contribution in [1.29, 1.82) is 0 Å². The van der Waals surface area contributed by atoms with Gasteiger partial charge in [-0.05, 0) is 41.7 Å². The molecule has 21 heteroatoms. The third kappa shape index (κ3) is 15.0. The minimum absolute atomic E-state index is 0.0193. The normalized spacial score (nSPS) is 13.8. The summed E-state index contributed by atoms with van der Waals surface area (Å²) in [5.41, 5.74) is 12.4. The van der Waals surface area contributed by atoms with Crippen molar-refractivity contribution in [3.63, 3.8) is 0 Å². The minimum atomic E-state index is -1.70. The van der Waals surface area contributed by atoms with E-state index in [4.69, 9.17) is 16.6 Å². The average Bonchev–Trinajstić information content (AvgIpc) is 3.60. The molecule has 0 aliphatic carbocycles. The lowest BCUT2D eigenvalue weighted by atomic mass is 9.82. The van der Waals surface area contributed by atoms with Crippen LogP contribution < -0.4 is 27.4 Å². The van der Waals surface area contributed by atoms with E-state index in [1.807, 2.05) is 51.1 Å². The lowest BCUT2D eigenvalue weighted by molar-refractivity contribution is -0.142. The molecule has 5 atom stereocenters. The molecule has 0 saturated carbocycles. The van der Waals surface area contributed by atoms with Gasteiger partial charge >= 0.3 is 17.9 Å². The number of aliphatic hydroxyl groups excluding tert-OH is 1. The molecule has 1 aromatic heterocycles. The first kappa shape index (κ1) is 49.5. The number of amides is 4. The van der Waals surface area contributed by atoms with E-state index in [-0.39, 0.29) is 30.8 Å². The van der Waals surface area contributed by atoms with Crippen molar-refractivity contribution in [2.75, 3.05) is 32.0 Å². The van der Waals surface area contributed by atoms with Gasteiger partial charge in [-0.1, -0.05) is 51.1 Å². The Morgan fingerprint density at radius 2 is 1.54 bits per heavy atom. The van der Waals surface area contributed by atoms with Crippen molar-refractivity contribution in [3.8, 4) is 11.1 Å². The Balaban J connectivity index is 1.73. The first-order valence-corrected chi connectivity index (χ1v) is 19.9. The Kier molecular flexibility index (Phi) is 18.4. The lowest BCUT2D eigenvalue weighted by Crippen LogP contribution is -2.54. The predicted octanol–water partition coefficient (Wildman–Crippen LogP) is 0.897. The van der Waals surface area contributed by atoms with Gasteiger partial charge in [0.25, 0.3) is 0 Å². The first-order valence-electron chi connectivity index (χ1n) is 18.9. The third-order valence-corrected chi connectivity index (χ3v) is 10.6. The van der Waals surface area contributed by atoms with Crippen LogP contribution >= 0.6 is 11.8 Å². The molecular weight excluding hydrogens is 825 g/mol. The predicted molar refractivity (Wildman–Crippen MR) is 219 cm³/mol. The second-order valence-electron chi connectivity index (χ2n) is 15.1. The molecule has 61 heavy (non-hydrogen) atoms. The molecule has 5 unspecified atom stereocenters. The zero-order chi connectivity index (χ0) is 45.6. The van der Waals surface area contributed by atoms with Crippen molar-refractivity contribution in [2.24, 2.45) is 16.9 Å². The number of hydrogen-bond acceptors (Lipinski definition) is 11. The molecule has 4 amide bonds. The molecule has 0 saturated heterocycles. The van der Waals surface area contributed by atoms with E-state index in [2.05, 4.69) is 16.0 Å². The summed E-state index contributed by atoms with van der Waals surface area (Å²) in [5.74, 6) is -9.43. The van der Waals surface area contributed by atoms with Gasteiger partial charge in [-0.15, -0.1) is 11.8 Å². The van der Waals surface area contributed by atoms with E-state index >= 15 is 4.39 Å². The van der Waals surface area contributed by atoms with Gasteiger partial charge in [0.05, 0.1) is 18.6 Å². The topological polar surface area (TPSA) is 297 Å². The number of nitrogens with two attached hydrogens (primary N) is 2. The quantitative estimate of drug-likeness (QED) is 0.0640. The molecular formula is C40H51F2N7O11S. The molecule has 0 spiro atoms. The zero-order valence-corrected chi connectivity index (χ0v) is 34.5. The molecule has 2 aromatic carbocycles. The Labute approximate surface area is 354 Å². The van der Waals surface area contributed by atoms with Gasteiger partial charge in [-0.25, -0.2) is 13.6 Å². The number of thioether (sulfide) groups is 1. The summed E-state index contributed by atoms with van der Waals surface area (Å²) in [5, 5.41) is 43.4. The summed E-state index contributed by atoms with van der Waals surface area (Å²) < 4.78 is 31.2. The Morgan fingerprint density at radius 1 is 0.869 bits per heavy atom. The highest BCUT2D eigenvalue weighted by molar-refractivity contribution is 8.00. The van der Waals surface area contributed by atoms with Crippen LogP contribution in [0.2, 0.25) is 0 Å².